The smallest absolute Gasteiger partial charge is 0.159 e. The van der Waals surface area contributed by atoms with E-state index in [1.807, 2.05) is 11.3 Å². The second kappa shape index (κ2) is 12.1. The minimum Gasteiger partial charge on any atom is -0.237 e. The van der Waals surface area contributed by atoms with Gasteiger partial charge in [0.05, 0.1) is 5.69 Å². The molecule has 0 spiro atoms. The van der Waals surface area contributed by atoms with Crippen LogP contribution in [-0.4, -0.2) is 18.0 Å². The van der Waals surface area contributed by atoms with Crippen molar-refractivity contribution in [1.82, 2.24) is 9.97 Å². The van der Waals surface area contributed by atoms with Crippen LogP contribution < -0.4 is 10.5 Å². The second-order valence-electron chi connectivity index (χ2n) is 14.2. The first-order valence-corrected chi connectivity index (χ1v) is 21.6. The monoisotopic (exact) mass is 698 g/mol. The zero-order valence-corrected chi connectivity index (χ0v) is 30.8. The van der Waals surface area contributed by atoms with E-state index in [9.17, 15) is 0 Å². The Morgan fingerprint density at radius 1 is 0.442 bits per heavy atom. The molecule has 0 fully saturated rings. The number of fused-ring (bicyclic) bond motifs is 6. The molecule has 2 nitrogen and oxygen atoms in total. The maximum Gasteiger partial charge on any atom is 0.159 e. The van der Waals surface area contributed by atoms with E-state index in [0.29, 0.717) is 0 Å². The van der Waals surface area contributed by atoms with Gasteiger partial charge in [-0.3, -0.25) is 0 Å². The van der Waals surface area contributed by atoms with Gasteiger partial charge in [0.2, 0.25) is 0 Å². The lowest BCUT2D eigenvalue weighted by molar-refractivity contribution is 1.21. The number of hydrogen-bond acceptors (Lipinski definition) is 3. The molecular weight excluding hydrogens is 665 g/mol. The number of nitrogens with zero attached hydrogens (tertiary/aromatic N) is 2. The number of benzene rings is 7. The number of thiophene rings is 1. The molecule has 0 bridgehead atoms. The minimum atomic E-state index is -2.11. The Morgan fingerprint density at radius 3 is 1.69 bits per heavy atom. The van der Waals surface area contributed by atoms with E-state index in [0.717, 1.165) is 22.6 Å². The van der Waals surface area contributed by atoms with Crippen molar-refractivity contribution >= 4 is 50.1 Å². The summed E-state index contributed by atoms with van der Waals surface area (Å²) in [4.78, 5) is 11.0. The zero-order chi connectivity index (χ0) is 34.8. The normalized spacial score (nSPS) is 13.0. The van der Waals surface area contributed by atoms with Gasteiger partial charge in [-0.1, -0.05) is 159 Å². The molecule has 3 heterocycles. The Morgan fingerprint density at radius 2 is 0.962 bits per heavy atom. The third-order valence-electron chi connectivity index (χ3n) is 10.6. The van der Waals surface area contributed by atoms with Crippen LogP contribution in [-0.2, 0) is 0 Å². The van der Waals surface area contributed by atoms with Crippen molar-refractivity contribution in [3.8, 4) is 67.2 Å². The lowest BCUT2D eigenvalue weighted by Crippen LogP contribution is -2.50. The highest BCUT2D eigenvalue weighted by Gasteiger charge is 2.41. The third-order valence-corrected chi connectivity index (χ3v) is 15.2. The Bertz CT molecular complexity index is 2830. The van der Waals surface area contributed by atoms with E-state index >= 15 is 0 Å². The summed E-state index contributed by atoms with van der Waals surface area (Å²) >= 11 is 1.86. The summed E-state index contributed by atoms with van der Waals surface area (Å²) in [5.74, 6) is 0.786. The van der Waals surface area contributed by atoms with E-state index in [1.165, 1.54) is 75.2 Å². The van der Waals surface area contributed by atoms with Crippen LogP contribution in [0.5, 0.6) is 0 Å². The number of hydrogen-bond donors (Lipinski definition) is 0. The second-order valence-corrected chi connectivity index (χ2v) is 19.5. The molecule has 0 saturated carbocycles. The van der Waals surface area contributed by atoms with Crippen LogP contribution in [0, 0.1) is 0 Å². The van der Waals surface area contributed by atoms with Gasteiger partial charge >= 0.3 is 0 Å². The molecule has 0 unspecified atom stereocenters. The van der Waals surface area contributed by atoms with Crippen molar-refractivity contribution < 1.29 is 0 Å². The van der Waals surface area contributed by atoms with Gasteiger partial charge in [0.1, 0.15) is 8.07 Å². The Kier molecular flexibility index (Phi) is 7.17. The van der Waals surface area contributed by atoms with E-state index in [1.54, 1.807) is 0 Å². The SMILES string of the molecule is C[Si]1(C)c2ccccc2-c2c(-c3cccc4c3sc3ccccc34)nc(-c3cccc(-c4cccc(-c5cccc(-c6ccccc6)c5)c4)c3)nc21. The van der Waals surface area contributed by atoms with E-state index in [2.05, 4.69) is 183 Å². The average Bonchev–Trinajstić information content (AvgIpc) is 3.70. The van der Waals surface area contributed by atoms with Gasteiger partial charge < -0.3 is 0 Å². The molecule has 0 aliphatic carbocycles. The van der Waals surface area contributed by atoms with E-state index < -0.39 is 8.07 Å². The largest absolute Gasteiger partial charge is 0.237 e. The van der Waals surface area contributed by atoms with Gasteiger partial charge in [-0.05, 0) is 68.4 Å². The van der Waals surface area contributed by atoms with Crippen molar-refractivity contribution in [3.05, 3.63) is 170 Å². The maximum absolute atomic E-state index is 5.53. The minimum absolute atomic E-state index is 0.786. The molecule has 246 valence electrons. The molecule has 52 heavy (non-hydrogen) atoms. The van der Waals surface area contributed by atoms with E-state index in [-0.39, 0.29) is 0 Å². The summed E-state index contributed by atoms with van der Waals surface area (Å²) in [5, 5.41) is 5.23. The highest BCUT2D eigenvalue weighted by Crippen LogP contribution is 2.43. The molecule has 0 atom stereocenters. The van der Waals surface area contributed by atoms with Crippen molar-refractivity contribution in [2.45, 2.75) is 13.1 Å². The topological polar surface area (TPSA) is 25.8 Å². The van der Waals surface area contributed by atoms with Crippen molar-refractivity contribution in [2.24, 2.45) is 0 Å². The quantitative estimate of drug-likeness (QED) is 0.167. The van der Waals surface area contributed by atoms with Gasteiger partial charge in [0.15, 0.2) is 5.82 Å². The van der Waals surface area contributed by atoms with Crippen molar-refractivity contribution in [2.75, 3.05) is 0 Å². The summed E-state index contributed by atoms with van der Waals surface area (Å²) in [5.41, 5.74) is 12.9. The fraction of sp³-hybridized carbons (Fsp3) is 0.0417. The summed E-state index contributed by atoms with van der Waals surface area (Å²) < 4.78 is 2.58. The predicted molar refractivity (Wildman–Crippen MR) is 224 cm³/mol. The van der Waals surface area contributed by atoms with Gasteiger partial charge in [-0.25, -0.2) is 9.97 Å². The Balaban J connectivity index is 1.12. The average molecular weight is 699 g/mol. The molecule has 7 aromatic carbocycles. The van der Waals surface area contributed by atoms with Gasteiger partial charge in [-0.2, -0.15) is 0 Å². The fourth-order valence-electron chi connectivity index (χ4n) is 8.02. The predicted octanol–water partition coefficient (Wildman–Crippen LogP) is 12.0. The Hall–Kier alpha value is -5.94. The maximum atomic E-state index is 5.53. The highest BCUT2D eigenvalue weighted by molar-refractivity contribution is 7.26. The van der Waals surface area contributed by atoms with E-state index in [4.69, 9.17) is 9.97 Å². The first-order valence-electron chi connectivity index (χ1n) is 17.8. The lowest BCUT2D eigenvalue weighted by Gasteiger charge is -2.19. The van der Waals surface area contributed by atoms with Crippen LogP contribution >= 0.6 is 11.3 Å². The summed E-state index contributed by atoms with van der Waals surface area (Å²) in [6.45, 7) is 4.87. The van der Waals surface area contributed by atoms with Gasteiger partial charge in [0.25, 0.3) is 0 Å². The third kappa shape index (κ3) is 4.98. The molecule has 0 N–H and O–H groups in total. The van der Waals surface area contributed by atoms with Crippen LogP contribution in [0.1, 0.15) is 0 Å². The van der Waals surface area contributed by atoms with Gasteiger partial charge in [0, 0.05) is 42.2 Å². The molecule has 1 aliphatic heterocycles. The van der Waals surface area contributed by atoms with Crippen LogP contribution in [0.15, 0.2) is 170 Å². The first kappa shape index (κ1) is 30.8. The number of aromatic nitrogens is 2. The Labute approximate surface area is 308 Å². The molecule has 4 heteroatoms. The first-order chi connectivity index (χ1) is 25.5. The molecule has 0 amide bonds. The molecule has 0 radical (unpaired) electrons. The van der Waals surface area contributed by atoms with Crippen LogP contribution in [0.4, 0.5) is 0 Å². The van der Waals surface area contributed by atoms with Crippen LogP contribution in [0.2, 0.25) is 13.1 Å². The summed E-state index contributed by atoms with van der Waals surface area (Å²) in [7, 11) is -2.11. The lowest BCUT2D eigenvalue weighted by atomic mass is 9.95. The van der Waals surface area contributed by atoms with Crippen molar-refractivity contribution in [1.29, 1.82) is 0 Å². The van der Waals surface area contributed by atoms with Crippen LogP contribution in [0.25, 0.3) is 87.3 Å². The highest BCUT2D eigenvalue weighted by atomic mass is 32.1. The zero-order valence-electron chi connectivity index (χ0n) is 29.0. The van der Waals surface area contributed by atoms with Gasteiger partial charge in [-0.15, -0.1) is 11.3 Å². The van der Waals surface area contributed by atoms with Crippen molar-refractivity contribution in [3.63, 3.8) is 0 Å². The fourth-order valence-corrected chi connectivity index (χ4v) is 12.2. The molecule has 9 aromatic rings. The number of rotatable bonds is 5. The molecule has 1 aliphatic rings. The summed E-state index contributed by atoms with van der Waals surface area (Å²) in [6, 6.07) is 61.4. The molecule has 10 rings (SSSR count). The summed E-state index contributed by atoms with van der Waals surface area (Å²) in [6.07, 6.45) is 0. The molecule has 0 saturated heterocycles. The molecular formula is C48H34N2SSi. The van der Waals surface area contributed by atoms with Crippen LogP contribution in [0.3, 0.4) is 0 Å². The standard InChI is InChI=1S/C48H34N2SSi/c1-52(2)43-27-9-7-23-40(43)44-45(41-25-13-24-39-38-22-6-8-26-42(38)51-46(39)41)49-47(50-48(44)52)37-21-12-20-36(30-37)35-19-11-18-34(29-35)33-17-10-16-32(28-33)31-14-4-3-5-15-31/h3-30H,1-2H3. The molecule has 2 aromatic heterocycles.